The Kier molecular flexibility index (Phi) is 10.2. The summed E-state index contributed by atoms with van der Waals surface area (Å²) in [5.74, 6) is -11.8. The Morgan fingerprint density at radius 2 is 0.882 bits per heavy atom. The molecule has 0 unspecified atom stereocenters. The normalized spacial score (nSPS) is 10.7. The van der Waals surface area contributed by atoms with Gasteiger partial charge in [0.1, 0.15) is 0 Å². The Morgan fingerprint density at radius 1 is 0.559 bits per heavy atom. The van der Waals surface area contributed by atoms with E-state index in [1.807, 2.05) is 0 Å². The number of rotatable bonds is 14. The van der Waals surface area contributed by atoms with E-state index in [0.29, 0.717) is 18.8 Å². The highest BCUT2D eigenvalue weighted by Gasteiger charge is 2.41. The van der Waals surface area contributed by atoms with Gasteiger partial charge in [0.15, 0.2) is 0 Å². The maximum atomic E-state index is 12.7. The number of carboxylic acids is 5. The largest absolute Gasteiger partial charge is 0.478 e. The molecule has 1 aromatic carbocycles. The summed E-state index contributed by atoms with van der Waals surface area (Å²) in [6.07, 6.45) is 4.83. The van der Waals surface area contributed by atoms with Crippen molar-refractivity contribution in [1.29, 1.82) is 0 Å². The van der Waals surface area contributed by atoms with Crippen molar-refractivity contribution < 1.29 is 59.0 Å². The number of benzene rings is 1. The molecule has 0 radical (unpaired) electrons. The van der Waals surface area contributed by atoms with Crippen LogP contribution < -0.4 is 0 Å². The molecule has 0 atom stereocenters. The second kappa shape index (κ2) is 12.3. The Morgan fingerprint density at radius 3 is 1.24 bits per heavy atom. The zero-order valence-electron chi connectivity index (χ0n) is 18.6. The first kappa shape index (κ1) is 28.1. The van der Waals surface area contributed by atoms with Gasteiger partial charge in [-0.1, -0.05) is 46.0 Å². The van der Waals surface area contributed by atoms with Gasteiger partial charge in [-0.15, -0.1) is 0 Å². The van der Waals surface area contributed by atoms with Crippen molar-refractivity contribution in [3.63, 3.8) is 0 Å². The van der Waals surface area contributed by atoms with Crippen LogP contribution >= 0.6 is 0 Å². The molecule has 5 N–H and O–H groups in total. The van der Waals surface area contributed by atoms with E-state index in [-0.39, 0.29) is 6.61 Å². The van der Waals surface area contributed by atoms with Crippen LogP contribution in [0, 0.1) is 5.92 Å². The average molecular weight is 482 g/mol. The van der Waals surface area contributed by atoms with E-state index >= 15 is 0 Å². The first-order valence-corrected chi connectivity index (χ1v) is 10.4. The lowest BCUT2D eigenvalue weighted by Gasteiger charge is -2.17. The van der Waals surface area contributed by atoms with Crippen molar-refractivity contribution in [3.8, 4) is 0 Å². The minimum atomic E-state index is -2.20. The van der Waals surface area contributed by atoms with Gasteiger partial charge >= 0.3 is 35.8 Å². The van der Waals surface area contributed by atoms with Gasteiger partial charge in [-0.2, -0.15) is 0 Å². The van der Waals surface area contributed by atoms with Gasteiger partial charge in [0.05, 0.1) is 40.0 Å². The number of aromatic carboxylic acids is 5. The van der Waals surface area contributed by atoms with Crippen LogP contribution in [0.2, 0.25) is 0 Å². The highest BCUT2D eigenvalue weighted by Crippen LogP contribution is 2.30. The number of hydrogen-bond acceptors (Lipinski definition) is 7. The van der Waals surface area contributed by atoms with E-state index in [0.717, 1.165) is 25.7 Å². The van der Waals surface area contributed by atoms with Crippen LogP contribution in [0.5, 0.6) is 0 Å². The van der Waals surface area contributed by atoms with Gasteiger partial charge in [-0.05, 0) is 12.3 Å². The second-order valence-electron chi connectivity index (χ2n) is 7.86. The number of carboxylic acid groups (broad SMARTS) is 5. The standard InChI is InChI=1S/C22H26O12/c1-10(2)8-6-4-3-5-7-9-34-22(33)16-14(20(29)30)12(18(25)26)11(17(23)24)13(19(27)28)15(16)21(31)32/h10H,3-9H2,1-2H3,(H,23,24)(H,25,26)(H,27,28)(H,29,30)(H,31,32). The van der Waals surface area contributed by atoms with Crippen molar-refractivity contribution in [2.75, 3.05) is 6.61 Å². The molecule has 0 heterocycles. The first-order chi connectivity index (χ1) is 15.8. The zero-order valence-corrected chi connectivity index (χ0v) is 18.6. The molecule has 0 fully saturated rings. The summed E-state index contributed by atoms with van der Waals surface area (Å²) in [6, 6.07) is 0. The lowest BCUT2D eigenvalue weighted by atomic mass is 9.86. The molecular formula is C22H26O12. The third-order valence-corrected chi connectivity index (χ3v) is 4.93. The van der Waals surface area contributed by atoms with E-state index in [2.05, 4.69) is 13.8 Å². The molecule has 0 aliphatic rings. The quantitative estimate of drug-likeness (QED) is 0.191. The molecule has 0 saturated heterocycles. The minimum Gasteiger partial charge on any atom is -0.478 e. The maximum absolute atomic E-state index is 12.7. The molecule has 12 nitrogen and oxygen atoms in total. The number of esters is 1. The summed E-state index contributed by atoms with van der Waals surface area (Å²) in [5.41, 5.74) is -8.97. The van der Waals surface area contributed by atoms with Crippen LogP contribution in [-0.2, 0) is 4.74 Å². The van der Waals surface area contributed by atoms with Crippen molar-refractivity contribution >= 4 is 35.8 Å². The fourth-order valence-corrected chi connectivity index (χ4v) is 3.45. The van der Waals surface area contributed by atoms with Crippen LogP contribution in [0.1, 0.15) is 115 Å². The summed E-state index contributed by atoms with van der Waals surface area (Å²) < 4.78 is 4.93. The van der Waals surface area contributed by atoms with Gasteiger partial charge in [-0.25, -0.2) is 28.8 Å². The molecule has 34 heavy (non-hydrogen) atoms. The fourth-order valence-electron chi connectivity index (χ4n) is 3.45. The lowest BCUT2D eigenvalue weighted by molar-refractivity contribution is 0.0474. The minimum absolute atomic E-state index is 0.271. The highest BCUT2D eigenvalue weighted by molar-refractivity contribution is 6.23. The van der Waals surface area contributed by atoms with E-state index < -0.39 is 69.2 Å². The van der Waals surface area contributed by atoms with Gasteiger partial charge in [0.25, 0.3) is 0 Å². The van der Waals surface area contributed by atoms with Crippen molar-refractivity contribution in [1.82, 2.24) is 0 Å². The maximum Gasteiger partial charge on any atom is 0.339 e. The van der Waals surface area contributed by atoms with Crippen molar-refractivity contribution in [2.45, 2.75) is 52.4 Å². The molecule has 0 aromatic heterocycles. The second-order valence-corrected chi connectivity index (χ2v) is 7.86. The molecule has 0 aliphatic carbocycles. The predicted molar refractivity (Wildman–Crippen MR) is 114 cm³/mol. The van der Waals surface area contributed by atoms with Gasteiger partial charge in [0, 0.05) is 0 Å². The Balaban J connectivity index is 3.42. The Bertz CT molecular complexity index is 953. The summed E-state index contributed by atoms with van der Waals surface area (Å²) >= 11 is 0. The van der Waals surface area contributed by atoms with Crippen LogP contribution in [0.25, 0.3) is 0 Å². The third-order valence-electron chi connectivity index (χ3n) is 4.93. The molecule has 0 aliphatic heterocycles. The van der Waals surface area contributed by atoms with Crippen molar-refractivity contribution in [3.05, 3.63) is 33.4 Å². The first-order valence-electron chi connectivity index (χ1n) is 10.4. The summed E-state index contributed by atoms with van der Waals surface area (Å²) in [7, 11) is 0. The smallest absolute Gasteiger partial charge is 0.339 e. The highest BCUT2D eigenvalue weighted by atomic mass is 16.5. The van der Waals surface area contributed by atoms with Gasteiger partial charge in [-0.3, -0.25) is 0 Å². The number of unbranched alkanes of at least 4 members (excludes halogenated alkanes) is 4. The van der Waals surface area contributed by atoms with Crippen LogP contribution in [-0.4, -0.2) is 68.0 Å². The SMILES string of the molecule is CC(C)CCCCCCCOC(=O)c1c(C(=O)O)c(C(=O)O)c(C(=O)O)c(C(=O)O)c1C(=O)O. The fraction of sp³-hybridized carbons (Fsp3) is 0.455. The van der Waals surface area contributed by atoms with E-state index in [4.69, 9.17) is 4.74 Å². The van der Waals surface area contributed by atoms with E-state index in [1.165, 1.54) is 0 Å². The van der Waals surface area contributed by atoms with E-state index in [1.54, 1.807) is 0 Å². The summed E-state index contributed by atoms with van der Waals surface area (Å²) in [6.45, 7) is 3.93. The summed E-state index contributed by atoms with van der Waals surface area (Å²) in [4.78, 5) is 71.2. The van der Waals surface area contributed by atoms with Crippen molar-refractivity contribution in [2.24, 2.45) is 5.92 Å². The Labute approximate surface area is 193 Å². The van der Waals surface area contributed by atoms with Crippen LogP contribution in [0.4, 0.5) is 0 Å². The number of carbonyl (C=O) groups excluding carboxylic acids is 1. The van der Waals surface area contributed by atoms with Crippen LogP contribution in [0.3, 0.4) is 0 Å². The number of hydrogen-bond donors (Lipinski definition) is 5. The van der Waals surface area contributed by atoms with E-state index in [9.17, 15) is 54.3 Å². The molecule has 0 spiro atoms. The van der Waals surface area contributed by atoms with Gasteiger partial charge < -0.3 is 30.3 Å². The monoisotopic (exact) mass is 482 g/mol. The molecule has 12 heteroatoms. The molecule has 0 saturated carbocycles. The topological polar surface area (TPSA) is 213 Å². The molecule has 0 amide bonds. The predicted octanol–water partition coefficient (Wildman–Crippen LogP) is 3.33. The molecule has 1 aromatic rings. The third kappa shape index (κ3) is 6.77. The summed E-state index contributed by atoms with van der Waals surface area (Å²) in [5, 5.41) is 47.2. The van der Waals surface area contributed by atoms with Crippen LogP contribution in [0.15, 0.2) is 0 Å². The number of carbonyl (C=O) groups is 6. The average Bonchev–Trinajstić information content (AvgIpc) is 2.72. The molecule has 1 rings (SSSR count). The lowest BCUT2D eigenvalue weighted by Crippen LogP contribution is -2.28. The number of ether oxygens (including phenoxy) is 1. The van der Waals surface area contributed by atoms with Gasteiger partial charge in [0.2, 0.25) is 0 Å². The zero-order chi connectivity index (χ0) is 26.2. The molecular weight excluding hydrogens is 456 g/mol. The molecule has 186 valence electrons. The molecule has 0 bridgehead atoms. The Hall–Kier alpha value is -3.96.